The average Bonchev–Trinajstić information content (AvgIpc) is 2.94. The van der Waals surface area contributed by atoms with Gasteiger partial charge < -0.3 is 10.2 Å². The molecule has 1 aliphatic heterocycles. The Balaban J connectivity index is 1.89. The molecule has 6 nitrogen and oxygen atoms in total. The highest BCUT2D eigenvalue weighted by Gasteiger charge is 2.32. The predicted molar refractivity (Wildman–Crippen MR) is 96.9 cm³/mol. The third-order valence-electron chi connectivity index (χ3n) is 4.07. The summed E-state index contributed by atoms with van der Waals surface area (Å²) in [5.74, 6) is -0.794. The summed E-state index contributed by atoms with van der Waals surface area (Å²) in [5.41, 5.74) is 2.25. The van der Waals surface area contributed by atoms with Crippen LogP contribution in [-0.4, -0.2) is 31.8 Å². The number of imide groups is 1. The van der Waals surface area contributed by atoms with E-state index in [9.17, 15) is 14.4 Å². The van der Waals surface area contributed by atoms with Gasteiger partial charge in [-0.2, -0.15) is 0 Å². The number of hydrogen-bond donors (Lipinski definition) is 1. The Labute approximate surface area is 146 Å². The lowest BCUT2D eigenvalue weighted by Gasteiger charge is -2.19. The molecule has 3 amide bonds. The first-order valence-electron chi connectivity index (χ1n) is 8.01. The minimum Gasteiger partial charge on any atom is -0.378 e. The molecule has 0 saturated carbocycles. The molecule has 0 unspecified atom stereocenters. The summed E-state index contributed by atoms with van der Waals surface area (Å²) in [6.07, 6.45) is 0.401. The lowest BCUT2D eigenvalue weighted by Crippen LogP contribution is -2.29. The van der Waals surface area contributed by atoms with Crippen molar-refractivity contribution in [2.75, 3.05) is 29.2 Å². The first-order valence-corrected chi connectivity index (χ1v) is 8.01. The van der Waals surface area contributed by atoms with E-state index < -0.39 is 0 Å². The van der Waals surface area contributed by atoms with Gasteiger partial charge in [-0.15, -0.1) is 0 Å². The van der Waals surface area contributed by atoms with Crippen molar-refractivity contribution in [3.8, 4) is 0 Å². The molecule has 1 N–H and O–H groups in total. The Bertz CT molecular complexity index is 829. The molecular weight excluding hydrogens is 318 g/mol. The smallest absolute Gasteiger partial charge is 0.255 e. The lowest BCUT2D eigenvalue weighted by molar-refractivity contribution is -0.121. The van der Waals surface area contributed by atoms with E-state index in [-0.39, 0.29) is 30.6 Å². The number of nitrogens with zero attached hydrogens (tertiary/aromatic N) is 2. The van der Waals surface area contributed by atoms with E-state index in [1.165, 1.54) is 0 Å². The zero-order chi connectivity index (χ0) is 18.0. The topological polar surface area (TPSA) is 69.7 Å². The average molecular weight is 337 g/mol. The van der Waals surface area contributed by atoms with Gasteiger partial charge in [0.2, 0.25) is 11.8 Å². The fourth-order valence-corrected chi connectivity index (χ4v) is 2.74. The number of para-hydroxylation sites is 2. The Morgan fingerprint density at radius 1 is 1.00 bits per heavy atom. The molecule has 6 heteroatoms. The Hall–Kier alpha value is -3.15. The van der Waals surface area contributed by atoms with E-state index in [2.05, 4.69) is 5.32 Å². The first kappa shape index (κ1) is 16.7. The van der Waals surface area contributed by atoms with Gasteiger partial charge in [-0.25, -0.2) is 4.90 Å². The molecule has 25 heavy (non-hydrogen) atoms. The minimum atomic E-state index is -0.296. The van der Waals surface area contributed by atoms with E-state index in [0.29, 0.717) is 16.9 Å². The van der Waals surface area contributed by atoms with E-state index >= 15 is 0 Å². The predicted octanol–water partition coefficient (Wildman–Crippen LogP) is 2.66. The van der Waals surface area contributed by atoms with Crippen LogP contribution in [0.4, 0.5) is 17.1 Å². The fourth-order valence-electron chi connectivity index (χ4n) is 2.74. The summed E-state index contributed by atoms with van der Waals surface area (Å²) in [4.78, 5) is 39.7. The first-order chi connectivity index (χ1) is 12.0. The zero-order valence-corrected chi connectivity index (χ0v) is 14.2. The van der Waals surface area contributed by atoms with Crippen molar-refractivity contribution in [1.82, 2.24) is 0 Å². The van der Waals surface area contributed by atoms with Crippen molar-refractivity contribution in [3.05, 3.63) is 54.1 Å². The van der Waals surface area contributed by atoms with Crippen LogP contribution in [0.15, 0.2) is 48.5 Å². The normalized spacial score (nSPS) is 13.9. The van der Waals surface area contributed by atoms with Crippen LogP contribution in [0.2, 0.25) is 0 Å². The van der Waals surface area contributed by atoms with Crippen molar-refractivity contribution < 1.29 is 14.4 Å². The molecule has 0 bridgehead atoms. The summed E-state index contributed by atoms with van der Waals surface area (Å²) in [6, 6.07) is 14.0. The van der Waals surface area contributed by atoms with E-state index in [1.54, 1.807) is 36.4 Å². The quantitative estimate of drug-likeness (QED) is 0.871. The Kier molecular flexibility index (Phi) is 4.52. The van der Waals surface area contributed by atoms with Crippen LogP contribution >= 0.6 is 0 Å². The maximum atomic E-state index is 12.6. The third-order valence-corrected chi connectivity index (χ3v) is 4.07. The number of rotatable bonds is 4. The molecule has 1 heterocycles. The van der Waals surface area contributed by atoms with Gasteiger partial charge in [0, 0.05) is 38.2 Å². The van der Waals surface area contributed by atoms with E-state index in [4.69, 9.17) is 0 Å². The molecular formula is C19H19N3O3. The summed E-state index contributed by atoms with van der Waals surface area (Å²) in [5, 5.41) is 2.81. The highest BCUT2D eigenvalue weighted by atomic mass is 16.2. The number of nitrogens with one attached hydrogen (secondary N) is 1. The lowest BCUT2D eigenvalue weighted by atomic mass is 10.1. The summed E-state index contributed by atoms with van der Waals surface area (Å²) in [7, 11) is 3.80. The zero-order valence-electron chi connectivity index (χ0n) is 14.2. The fraction of sp³-hybridized carbons (Fsp3) is 0.211. The highest BCUT2D eigenvalue weighted by molar-refractivity contribution is 6.22. The molecule has 0 spiro atoms. The molecule has 0 aliphatic carbocycles. The Morgan fingerprint density at radius 3 is 2.36 bits per heavy atom. The van der Waals surface area contributed by atoms with Crippen molar-refractivity contribution in [2.24, 2.45) is 0 Å². The van der Waals surface area contributed by atoms with E-state index in [1.807, 2.05) is 31.1 Å². The summed E-state index contributed by atoms with van der Waals surface area (Å²) >= 11 is 0. The van der Waals surface area contributed by atoms with Crippen LogP contribution in [0.5, 0.6) is 0 Å². The molecule has 1 saturated heterocycles. The second kappa shape index (κ2) is 6.76. The molecule has 2 aromatic carbocycles. The van der Waals surface area contributed by atoms with Gasteiger partial charge in [0.15, 0.2) is 0 Å². The standard InChI is InChI=1S/C19H19N3O3/c1-21(2)14-7-5-6-13(12-14)19(25)20-15-8-3-4-9-16(15)22-17(23)10-11-18(22)24/h3-9,12H,10-11H2,1-2H3,(H,20,25). The molecule has 0 radical (unpaired) electrons. The van der Waals surface area contributed by atoms with Gasteiger partial charge in [0.25, 0.3) is 5.91 Å². The monoisotopic (exact) mass is 337 g/mol. The SMILES string of the molecule is CN(C)c1cccc(C(=O)Nc2ccccc2N2C(=O)CCC2=O)c1. The van der Waals surface area contributed by atoms with E-state index in [0.717, 1.165) is 10.6 Å². The molecule has 0 aromatic heterocycles. The largest absolute Gasteiger partial charge is 0.378 e. The maximum absolute atomic E-state index is 12.6. The molecule has 1 aliphatic rings. The second-order valence-electron chi connectivity index (χ2n) is 6.04. The number of carbonyl (C=O) groups excluding carboxylic acids is 3. The maximum Gasteiger partial charge on any atom is 0.255 e. The highest BCUT2D eigenvalue weighted by Crippen LogP contribution is 2.30. The van der Waals surface area contributed by atoms with Crippen LogP contribution in [0, 0.1) is 0 Å². The molecule has 3 rings (SSSR count). The van der Waals surface area contributed by atoms with Gasteiger partial charge in [-0.1, -0.05) is 18.2 Å². The number of benzene rings is 2. The van der Waals surface area contributed by atoms with Gasteiger partial charge in [0.05, 0.1) is 11.4 Å². The number of carbonyl (C=O) groups is 3. The second-order valence-corrected chi connectivity index (χ2v) is 6.04. The van der Waals surface area contributed by atoms with Gasteiger partial charge in [-0.3, -0.25) is 14.4 Å². The number of anilines is 3. The van der Waals surface area contributed by atoms with Gasteiger partial charge in [-0.05, 0) is 30.3 Å². The minimum absolute atomic E-state index is 0.200. The summed E-state index contributed by atoms with van der Waals surface area (Å²) < 4.78 is 0. The van der Waals surface area contributed by atoms with Gasteiger partial charge in [0.1, 0.15) is 0 Å². The summed E-state index contributed by atoms with van der Waals surface area (Å²) in [6.45, 7) is 0. The Morgan fingerprint density at radius 2 is 1.68 bits per heavy atom. The molecule has 128 valence electrons. The van der Waals surface area contributed by atoms with Crippen molar-refractivity contribution >= 4 is 34.8 Å². The van der Waals surface area contributed by atoms with Crippen molar-refractivity contribution in [3.63, 3.8) is 0 Å². The van der Waals surface area contributed by atoms with Crippen LogP contribution < -0.4 is 15.1 Å². The van der Waals surface area contributed by atoms with Crippen LogP contribution in [0.3, 0.4) is 0 Å². The van der Waals surface area contributed by atoms with Crippen molar-refractivity contribution in [1.29, 1.82) is 0 Å². The van der Waals surface area contributed by atoms with Crippen molar-refractivity contribution in [2.45, 2.75) is 12.8 Å². The number of hydrogen-bond acceptors (Lipinski definition) is 4. The number of amides is 3. The molecule has 1 fully saturated rings. The third kappa shape index (κ3) is 3.38. The molecule has 0 atom stereocenters. The van der Waals surface area contributed by atoms with Crippen LogP contribution in [0.1, 0.15) is 23.2 Å². The van der Waals surface area contributed by atoms with Gasteiger partial charge >= 0.3 is 0 Å². The van der Waals surface area contributed by atoms with Crippen LogP contribution in [-0.2, 0) is 9.59 Å². The molecule has 2 aromatic rings. The van der Waals surface area contributed by atoms with Crippen LogP contribution in [0.25, 0.3) is 0 Å².